The molecule has 0 fully saturated rings. The van der Waals surface area contributed by atoms with Crippen molar-refractivity contribution in [3.05, 3.63) is 23.3 Å². The van der Waals surface area contributed by atoms with Gasteiger partial charge in [0.25, 0.3) is 0 Å². The van der Waals surface area contributed by atoms with Gasteiger partial charge < -0.3 is 9.79 Å². The number of hydrogen-bond donors (Lipinski definition) is 2. The van der Waals surface area contributed by atoms with E-state index in [0.29, 0.717) is 0 Å². The predicted octanol–water partition coefficient (Wildman–Crippen LogP) is 3.56. The van der Waals surface area contributed by atoms with Crippen molar-refractivity contribution < 1.29 is 32.3 Å². The van der Waals surface area contributed by atoms with E-state index >= 15 is 0 Å². The Morgan fingerprint density at radius 2 is 1.75 bits per heavy atom. The topological polar surface area (TPSA) is 102 Å². The lowest BCUT2D eigenvalue weighted by molar-refractivity contribution is 0.170. The van der Waals surface area contributed by atoms with E-state index in [1.165, 1.54) is 5.57 Å². The van der Waals surface area contributed by atoms with Crippen molar-refractivity contribution in [2.75, 3.05) is 13.7 Å². The first-order valence-corrected chi connectivity index (χ1v) is 8.93. The molecular formula is C11H22O7P2. The van der Waals surface area contributed by atoms with Crippen LogP contribution in [0.1, 0.15) is 33.6 Å². The van der Waals surface area contributed by atoms with Crippen LogP contribution in [-0.4, -0.2) is 23.5 Å². The highest BCUT2D eigenvalue weighted by Gasteiger charge is 2.34. The summed E-state index contributed by atoms with van der Waals surface area (Å²) in [5.41, 5.74) is 2.23. The summed E-state index contributed by atoms with van der Waals surface area (Å²) >= 11 is 0. The minimum atomic E-state index is -4.94. The molecule has 0 spiro atoms. The van der Waals surface area contributed by atoms with Gasteiger partial charge >= 0.3 is 15.6 Å². The first kappa shape index (κ1) is 19.7. The molecular weight excluding hydrogens is 306 g/mol. The summed E-state index contributed by atoms with van der Waals surface area (Å²) in [5.74, 6) is 0. The standard InChI is InChI=1S/C11H22O7P2/c1-10(2)6-5-7-11(3)8-9-17-20(15,16-4)18-19(12,13)14/h6,8H,5,7,9H2,1-4H3,(H2,12,13,14). The van der Waals surface area contributed by atoms with E-state index in [9.17, 15) is 9.13 Å². The molecule has 0 aromatic rings. The van der Waals surface area contributed by atoms with E-state index in [-0.39, 0.29) is 6.61 Å². The fraction of sp³-hybridized carbons (Fsp3) is 0.636. The summed E-state index contributed by atoms with van der Waals surface area (Å²) in [5, 5.41) is 0. The van der Waals surface area contributed by atoms with E-state index in [1.54, 1.807) is 6.08 Å². The summed E-state index contributed by atoms with van der Waals surface area (Å²) < 4.78 is 35.5. The zero-order chi connectivity index (χ0) is 15.8. The molecule has 0 radical (unpaired) electrons. The van der Waals surface area contributed by atoms with E-state index in [1.807, 2.05) is 20.8 Å². The molecule has 7 nitrogen and oxygen atoms in total. The van der Waals surface area contributed by atoms with Crippen LogP contribution in [0.15, 0.2) is 23.3 Å². The van der Waals surface area contributed by atoms with Gasteiger partial charge in [-0.2, -0.15) is 4.31 Å². The smallest absolute Gasteiger partial charge is 0.302 e. The Balaban J connectivity index is 4.34. The highest BCUT2D eigenvalue weighted by atomic mass is 31.3. The van der Waals surface area contributed by atoms with Gasteiger partial charge in [0.1, 0.15) is 0 Å². The Labute approximate surface area is 119 Å². The Hall–Kier alpha value is -0.260. The van der Waals surface area contributed by atoms with Crippen molar-refractivity contribution in [3.8, 4) is 0 Å². The summed E-state index contributed by atoms with van der Waals surface area (Å²) in [6.45, 7) is 5.78. The third-order valence-electron chi connectivity index (χ3n) is 2.19. The van der Waals surface area contributed by atoms with Crippen LogP contribution in [0.25, 0.3) is 0 Å². The molecule has 118 valence electrons. The van der Waals surface area contributed by atoms with Crippen LogP contribution in [0.3, 0.4) is 0 Å². The Kier molecular flexibility index (Phi) is 8.79. The van der Waals surface area contributed by atoms with Gasteiger partial charge in [-0.1, -0.05) is 23.3 Å². The average Bonchev–Trinajstić information content (AvgIpc) is 2.26. The second-order valence-electron chi connectivity index (χ2n) is 4.37. The van der Waals surface area contributed by atoms with Crippen molar-refractivity contribution in [2.45, 2.75) is 33.6 Å². The molecule has 0 saturated heterocycles. The molecule has 0 aliphatic heterocycles. The molecule has 0 aliphatic carbocycles. The molecule has 9 heteroatoms. The zero-order valence-electron chi connectivity index (χ0n) is 12.1. The molecule has 0 saturated carbocycles. The SMILES string of the molecule is COP(=O)(OCC=C(C)CCC=C(C)C)OP(=O)(O)O. The molecule has 2 N–H and O–H groups in total. The lowest BCUT2D eigenvalue weighted by Gasteiger charge is -2.15. The second kappa shape index (κ2) is 8.90. The van der Waals surface area contributed by atoms with Crippen molar-refractivity contribution in [3.63, 3.8) is 0 Å². The predicted molar refractivity (Wildman–Crippen MR) is 76.1 cm³/mol. The molecule has 0 bridgehead atoms. The van der Waals surface area contributed by atoms with E-state index in [0.717, 1.165) is 25.5 Å². The lowest BCUT2D eigenvalue weighted by atomic mass is 10.1. The van der Waals surface area contributed by atoms with Gasteiger partial charge in [-0.15, -0.1) is 0 Å². The Bertz CT molecular complexity index is 446. The minimum absolute atomic E-state index is 0.119. The normalized spacial score (nSPS) is 15.8. The maximum Gasteiger partial charge on any atom is 0.483 e. The summed E-state index contributed by atoms with van der Waals surface area (Å²) in [7, 11) is -8.19. The van der Waals surface area contributed by atoms with Crippen molar-refractivity contribution in [2.24, 2.45) is 0 Å². The third kappa shape index (κ3) is 10.5. The molecule has 0 amide bonds. The van der Waals surface area contributed by atoms with Gasteiger partial charge in [-0.3, -0.25) is 9.05 Å². The summed E-state index contributed by atoms with van der Waals surface area (Å²) in [4.78, 5) is 17.2. The van der Waals surface area contributed by atoms with Crippen LogP contribution in [0.2, 0.25) is 0 Å². The van der Waals surface area contributed by atoms with Crippen LogP contribution in [-0.2, 0) is 22.5 Å². The van der Waals surface area contributed by atoms with Gasteiger partial charge in [0, 0.05) is 7.11 Å². The van der Waals surface area contributed by atoms with Crippen LogP contribution >= 0.6 is 15.6 Å². The van der Waals surface area contributed by atoms with Crippen molar-refractivity contribution in [1.29, 1.82) is 0 Å². The number of allylic oxidation sites excluding steroid dienone is 3. The highest BCUT2D eigenvalue weighted by molar-refractivity contribution is 7.61. The number of phosphoric acid groups is 2. The minimum Gasteiger partial charge on any atom is -0.302 e. The van der Waals surface area contributed by atoms with Crippen molar-refractivity contribution >= 4 is 15.6 Å². The third-order valence-corrected chi connectivity index (χ3v) is 4.75. The molecule has 1 unspecified atom stereocenters. The van der Waals surface area contributed by atoms with Crippen LogP contribution in [0.4, 0.5) is 0 Å². The average molecular weight is 328 g/mol. The molecule has 0 aromatic heterocycles. The molecule has 0 rings (SSSR count). The lowest BCUT2D eigenvalue weighted by Crippen LogP contribution is -1.97. The number of phosphoric ester groups is 1. The molecule has 0 aliphatic rings. The Morgan fingerprint density at radius 1 is 1.15 bits per heavy atom. The highest BCUT2D eigenvalue weighted by Crippen LogP contribution is 2.60. The quantitative estimate of drug-likeness (QED) is 0.493. The monoisotopic (exact) mass is 328 g/mol. The second-order valence-corrected chi connectivity index (χ2v) is 7.52. The zero-order valence-corrected chi connectivity index (χ0v) is 13.9. The van der Waals surface area contributed by atoms with Gasteiger partial charge in [-0.25, -0.2) is 9.13 Å². The maximum absolute atomic E-state index is 11.7. The van der Waals surface area contributed by atoms with Gasteiger partial charge in [-0.05, 0) is 33.6 Å². The van der Waals surface area contributed by atoms with Gasteiger partial charge in [0.15, 0.2) is 0 Å². The van der Waals surface area contributed by atoms with E-state index < -0.39 is 15.6 Å². The van der Waals surface area contributed by atoms with Crippen LogP contribution in [0, 0.1) is 0 Å². The molecule has 20 heavy (non-hydrogen) atoms. The van der Waals surface area contributed by atoms with Crippen LogP contribution in [0.5, 0.6) is 0 Å². The first-order valence-electron chi connectivity index (χ1n) is 5.94. The van der Waals surface area contributed by atoms with Gasteiger partial charge in [0.2, 0.25) is 0 Å². The molecule has 1 atom stereocenters. The van der Waals surface area contributed by atoms with E-state index in [2.05, 4.69) is 14.9 Å². The molecule has 0 aromatic carbocycles. The first-order chi connectivity index (χ1) is 9.08. The summed E-state index contributed by atoms with van der Waals surface area (Å²) in [6.07, 6.45) is 5.44. The maximum atomic E-state index is 11.7. The summed E-state index contributed by atoms with van der Waals surface area (Å²) in [6, 6.07) is 0. The van der Waals surface area contributed by atoms with Crippen molar-refractivity contribution in [1.82, 2.24) is 0 Å². The van der Waals surface area contributed by atoms with E-state index in [4.69, 9.17) is 14.3 Å². The number of rotatable bonds is 9. The largest absolute Gasteiger partial charge is 0.483 e. The number of hydrogen-bond acceptors (Lipinski definition) is 5. The molecule has 0 heterocycles. The fourth-order valence-electron chi connectivity index (χ4n) is 1.20. The fourth-order valence-corrected chi connectivity index (χ4v) is 3.06. The van der Waals surface area contributed by atoms with Gasteiger partial charge in [0.05, 0.1) is 6.61 Å². The Morgan fingerprint density at radius 3 is 2.20 bits per heavy atom. The van der Waals surface area contributed by atoms with Crippen LogP contribution < -0.4 is 0 Å².